The number of piperazine rings is 1. The number of para-hydroxylation sites is 1. The van der Waals surface area contributed by atoms with Crippen molar-refractivity contribution < 1.29 is 9.59 Å². The third kappa shape index (κ3) is 5.15. The van der Waals surface area contributed by atoms with Gasteiger partial charge < -0.3 is 10.2 Å². The molecule has 5 nitrogen and oxygen atoms in total. The van der Waals surface area contributed by atoms with Gasteiger partial charge in [0, 0.05) is 38.3 Å². The zero-order valence-corrected chi connectivity index (χ0v) is 13.3. The standard InChI is InChI=1S/C17H25N3O2/c1-2-3-9-17(22)20-12-10-19(11-13-20)14-16(21)18-15-7-5-4-6-8-15/h4-8H,2-3,9-14H2,1H3,(H,18,21). The topological polar surface area (TPSA) is 52.7 Å². The minimum absolute atomic E-state index is 0.00282. The minimum atomic E-state index is -0.00282. The molecule has 1 N–H and O–H groups in total. The van der Waals surface area contributed by atoms with E-state index in [1.165, 1.54) is 0 Å². The van der Waals surface area contributed by atoms with E-state index in [2.05, 4.69) is 17.1 Å². The zero-order valence-electron chi connectivity index (χ0n) is 13.3. The summed E-state index contributed by atoms with van der Waals surface area (Å²) < 4.78 is 0. The van der Waals surface area contributed by atoms with Gasteiger partial charge >= 0.3 is 0 Å². The monoisotopic (exact) mass is 303 g/mol. The van der Waals surface area contributed by atoms with Gasteiger partial charge in [0.25, 0.3) is 0 Å². The quantitative estimate of drug-likeness (QED) is 0.874. The highest BCUT2D eigenvalue weighted by Gasteiger charge is 2.21. The Labute approximate surface area is 132 Å². The second-order valence-electron chi connectivity index (χ2n) is 5.67. The summed E-state index contributed by atoms with van der Waals surface area (Å²) in [5.74, 6) is 0.243. The number of benzene rings is 1. The van der Waals surface area contributed by atoms with E-state index < -0.39 is 0 Å². The van der Waals surface area contributed by atoms with Crippen LogP contribution in [0.2, 0.25) is 0 Å². The number of rotatable bonds is 6. The van der Waals surface area contributed by atoms with Gasteiger partial charge in [0.05, 0.1) is 6.54 Å². The molecule has 1 saturated heterocycles. The Hall–Kier alpha value is -1.88. The van der Waals surface area contributed by atoms with Crippen molar-refractivity contribution in [3.63, 3.8) is 0 Å². The lowest BCUT2D eigenvalue weighted by Crippen LogP contribution is -2.50. The number of hydrogen-bond acceptors (Lipinski definition) is 3. The first-order valence-electron chi connectivity index (χ1n) is 8.04. The van der Waals surface area contributed by atoms with E-state index in [0.717, 1.165) is 44.7 Å². The lowest BCUT2D eigenvalue weighted by molar-refractivity contribution is -0.133. The molecular weight excluding hydrogens is 278 g/mol. The summed E-state index contributed by atoms with van der Waals surface area (Å²) in [4.78, 5) is 28.0. The molecule has 1 aromatic rings. The highest BCUT2D eigenvalue weighted by atomic mass is 16.2. The highest BCUT2D eigenvalue weighted by Crippen LogP contribution is 2.08. The first kappa shape index (κ1) is 16.5. The van der Waals surface area contributed by atoms with E-state index in [1.54, 1.807) is 0 Å². The third-order valence-corrected chi connectivity index (χ3v) is 3.89. The molecule has 1 aliphatic rings. The fraction of sp³-hybridized carbons (Fsp3) is 0.529. The number of nitrogens with zero attached hydrogens (tertiary/aromatic N) is 2. The second-order valence-corrected chi connectivity index (χ2v) is 5.67. The number of amides is 2. The average molecular weight is 303 g/mol. The summed E-state index contributed by atoms with van der Waals surface area (Å²) in [7, 11) is 0. The van der Waals surface area contributed by atoms with Gasteiger partial charge in [-0.05, 0) is 18.6 Å². The molecule has 5 heteroatoms. The Morgan fingerprint density at radius 3 is 2.41 bits per heavy atom. The molecule has 0 bridgehead atoms. The molecule has 0 spiro atoms. The van der Waals surface area contributed by atoms with Crippen molar-refractivity contribution in [1.82, 2.24) is 9.80 Å². The second kappa shape index (κ2) is 8.54. The van der Waals surface area contributed by atoms with Crippen LogP contribution in [0.15, 0.2) is 30.3 Å². The molecule has 1 fully saturated rings. The Kier molecular flexibility index (Phi) is 6.40. The number of hydrogen-bond donors (Lipinski definition) is 1. The maximum atomic E-state index is 12.0. The van der Waals surface area contributed by atoms with Crippen molar-refractivity contribution in [2.24, 2.45) is 0 Å². The first-order valence-corrected chi connectivity index (χ1v) is 8.04. The molecule has 1 aromatic carbocycles. The highest BCUT2D eigenvalue weighted by molar-refractivity contribution is 5.92. The molecule has 0 unspecified atom stereocenters. The van der Waals surface area contributed by atoms with Gasteiger partial charge in [0.2, 0.25) is 11.8 Å². The zero-order chi connectivity index (χ0) is 15.8. The molecular formula is C17H25N3O2. The largest absolute Gasteiger partial charge is 0.340 e. The van der Waals surface area contributed by atoms with Crippen LogP contribution in [0.5, 0.6) is 0 Å². The van der Waals surface area contributed by atoms with Crippen LogP contribution in [0.3, 0.4) is 0 Å². The summed E-state index contributed by atoms with van der Waals surface area (Å²) in [6.07, 6.45) is 2.65. The van der Waals surface area contributed by atoms with Crippen LogP contribution in [0.25, 0.3) is 0 Å². The smallest absolute Gasteiger partial charge is 0.238 e. The molecule has 2 rings (SSSR count). The molecule has 2 amide bonds. The maximum Gasteiger partial charge on any atom is 0.238 e. The van der Waals surface area contributed by atoms with E-state index in [1.807, 2.05) is 35.2 Å². The Bertz CT molecular complexity index is 482. The fourth-order valence-corrected chi connectivity index (χ4v) is 2.57. The normalized spacial score (nSPS) is 15.6. The van der Waals surface area contributed by atoms with E-state index in [9.17, 15) is 9.59 Å². The third-order valence-electron chi connectivity index (χ3n) is 3.89. The molecule has 0 saturated carbocycles. The number of nitrogens with one attached hydrogen (secondary N) is 1. The average Bonchev–Trinajstić information content (AvgIpc) is 2.54. The molecule has 120 valence electrons. The van der Waals surface area contributed by atoms with E-state index in [4.69, 9.17) is 0 Å². The number of carbonyl (C=O) groups is 2. The summed E-state index contributed by atoms with van der Waals surface area (Å²) in [5, 5.41) is 2.89. The van der Waals surface area contributed by atoms with Crippen molar-refractivity contribution in [1.29, 1.82) is 0 Å². The molecule has 1 heterocycles. The van der Waals surface area contributed by atoms with Crippen LogP contribution >= 0.6 is 0 Å². The summed E-state index contributed by atoms with van der Waals surface area (Å²) in [5.41, 5.74) is 0.820. The van der Waals surface area contributed by atoms with E-state index in [-0.39, 0.29) is 11.8 Å². The predicted molar refractivity (Wildman–Crippen MR) is 87.6 cm³/mol. The Morgan fingerprint density at radius 2 is 1.77 bits per heavy atom. The SMILES string of the molecule is CCCCC(=O)N1CCN(CC(=O)Nc2ccccc2)CC1. The molecule has 22 heavy (non-hydrogen) atoms. The van der Waals surface area contributed by atoms with Crippen LogP contribution < -0.4 is 5.32 Å². The maximum absolute atomic E-state index is 12.0. The lowest BCUT2D eigenvalue weighted by Gasteiger charge is -2.34. The van der Waals surface area contributed by atoms with E-state index >= 15 is 0 Å². The number of carbonyl (C=O) groups excluding carboxylic acids is 2. The Balaban J connectivity index is 1.71. The predicted octanol–water partition coefficient (Wildman–Crippen LogP) is 1.96. The van der Waals surface area contributed by atoms with Gasteiger partial charge in [-0.3, -0.25) is 14.5 Å². The summed E-state index contributed by atoms with van der Waals surface area (Å²) in [6.45, 7) is 5.45. The van der Waals surface area contributed by atoms with Gasteiger partial charge in [-0.2, -0.15) is 0 Å². The summed E-state index contributed by atoms with van der Waals surface area (Å²) >= 11 is 0. The molecule has 0 atom stereocenters. The van der Waals surface area contributed by atoms with Crippen LogP contribution in [0.1, 0.15) is 26.2 Å². The molecule has 1 aliphatic heterocycles. The van der Waals surface area contributed by atoms with Crippen LogP contribution in [-0.2, 0) is 9.59 Å². The van der Waals surface area contributed by atoms with Gasteiger partial charge in [-0.25, -0.2) is 0 Å². The number of anilines is 1. The minimum Gasteiger partial charge on any atom is -0.340 e. The van der Waals surface area contributed by atoms with Gasteiger partial charge in [-0.15, -0.1) is 0 Å². The van der Waals surface area contributed by atoms with Crippen molar-refractivity contribution >= 4 is 17.5 Å². The lowest BCUT2D eigenvalue weighted by atomic mass is 10.2. The molecule has 0 radical (unpaired) electrons. The van der Waals surface area contributed by atoms with E-state index in [0.29, 0.717) is 13.0 Å². The van der Waals surface area contributed by atoms with Gasteiger partial charge in [0.1, 0.15) is 0 Å². The van der Waals surface area contributed by atoms with Gasteiger partial charge in [0.15, 0.2) is 0 Å². The van der Waals surface area contributed by atoms with Crippen LogP contribution in [0, 0.1) is 0 Å². The van der Waals surface area contributed by atoms with Crippen molar-refractivity contribution in [2.45, 2.75) is 26.2 Å². The van der Waals surface area contributed by atoms with Crippen molar-refractivity contribution in [3.8, 4) is 0 Å². The molecule has 0 aromatic heterocycles. The fourth-order valence-electron chi connectivity index (χ4n) is 2.57. The van der Waals surface area contributed by atoms with Crippen LogP contribution in [-0.4, -0.2) is 54.3 Å². The molecule has 0 aliphatic carbocycles. The van der Waals surface area contributed by atoms with Crippen molar-refractivity contribution in [3.05, 3.63) is 30.3 Å². The van der Waals surface area contributed by atoms with Crippen LogP contribution in [0.4, 0.5) is 5.69 Å². The van der Waals surface area contributed by atoms with Gasteiger partial charge in [-0.1, -0.05) is 31.5 Å². The Morgan fingerprint density at radius 1 is 1.09 bits per heavy atom. The first-order chi connectivity index (χ1) is 10.7. The van der Waals surface area contributed by atoms with Crippen molar-refractivity contribution in [2.75, 3.05) is 38.0 Å². The number of unbranched alkanes of at least 4 members (excludes halogenated alkanes) is 1. The summed E-state index contributed by atoms with van der Waals surface area (Å²) in [6, 6.07) is 9.47.